The minimum Gasteiger partial charge on any atom is -0.360 e. The van der Waals surface area contributed by atoms with E-state index >= 15 is 0 Å². The fraction of sp³-hybridized carbons (Fsp3) is 0. The summed E-state index contributed by atoms with van der Waals surface area (Å²) in [4.78, 5) is 14.5. The van der Waals surface area contributed by atoms with Gasteiger partial charge in [0.05, 0.1) is 5.69 Å². The van der Waals surface area contributed by atoms with E-state index < -0.39 is 5.91 Å². The van der Waals surface area contributed by atoms with Crippen LogP contribution < -0.4 is 10.6 Å². The summed E-state index contributed by atoms with van der Waals surface area (Å²) in [7, 11) is 0. The van der Waals surface area contributed by atoms with Crippen LogP contribution in [-0.4, -0.2) is 5.91 Å². The minimum atomic E-state index is -0.481. The first kappa shape index (κ1) is 19.6. The van der Waals surface area contributed by atoms with Gasteiger partial charge in [-0.1, -0.05) is 53.7 Å². The van der Waals surface area contributed by atoms with Crippen molar-refractivity contribution in [2.75, 3.05) is 10.6 Å². The molecule has 0 aliphatic heterocycles. The molecule has 0 saturated heterocycles. The number of hydrogen-bond acceptors (Lipinski definition) is 4. The van der Waals surface area contributed by atoms with Gasteiger partial charge in [0.25, 0.3) is 5.91 Å². The summed E-state index contributed by atoms with van der Waals surface area (Å²) in [5.74, 6) is -0.481. The van der Waals surface area contributed by atoms with Crippen LogP contribution in [0.5, 0.6) is 0 Å². The largest absolute Gasteiger partial charge is 0.360 e. The zero-order chi connectivity index (χ0) is 19.8. The number of halogens is 1. The SMILES string of the molecule is N#C/C(=C/Nc1ccc(Cl)cc1)C(=O)Nc1ccccc1Sc1ccccc1. The van der Waals surface area contributed by atoms with Crippen molar-refractivity contribution in [2.45, 2.75) is 9.79 Å². The number of para-hydroxylation sites is 1. The molecular formula is C22H16ClN3OS. The Bertz CT molecular complexity index is 1030. The van der Waals surface area contributed by atoms with Crippen molar-refractivity contribution < 1.29 is 4.79 Å². The van der Waals surface area contributed by atoms with Crippen molar-refractivity contribution in [3.05, 3.63) is 95.7 Å². The predicted octanol–water partition coefficient (Wildman–Crippen LogP) is 5.95. The van der Waals surface area contributed by atoms with Crippen molar-refractivity contribution in [3.8, 4) is 6.07 Å². The van der Waals surface area contributed by atoms with E-state index in [-0.39, 0.29) is 5.57 Å². The van der Waals surface area contributed by atoms with Gasteiger partial charge in [0.15, 0.2) is 0 Å². The first-order chi connectivity index (χ1) is 13.7. The topological polar surface area (TPSA) is 64.9 Å². The van der Waals surface area contributed by atoms with Crippen molar-refractivity contribution in [1.82, 2.24) is 0 Å². The second kappa shape index (κ2) is 9.65. The number of carbonyl (C=O) groups is 1. The van der Waals surface area contributed by atoms with Crippen LogP contribution in [-0.2, 0) is 4.79 Å². The maximum absolute atomic E-state index is 12.6. The van der Waals surface area contributed by atoms with Gasteiger partial charge in [0.2, 0.25) is 0 Å². The summed E-state index contributed by atoms with van der Waals surface area (Å²) in [6.45, 7) is 0. The lowest BCUT2D eigenvalue weighted by Gasteiger charge is -2.10. The summed E-state index contributed by atoms with van der Waals surface area (Å²) in [6, 6.07) is 26.3. The van der Waals surface area contributed by atoms with Crippen LogP contribution in [0.25, 0.3) is 0 Å². The van der Waals surface area contributed by atoms with Crippen LogP contribution in [0.3, 0.4) is 0 Å². The molecule has 0 heterocycles. The van der Waals surface area contributed by atoms with Crippen LogP contribution in [0.4, 0.5) is 11.4 Å². The molecular weight excluding hydrogens is 390 g/mol. The Morgan fingerprint density at radius 3 is 2.36 bits per heavy atom. The standard InChI is InChI=1S/C22H16ClN3OS/c23-17-10-12-18(13-11-17)25-15-16(14-24)22(27)26-20-8-4-5-9-21(20)28-19-6-2-1-3-7-19/h1-13,15,25H,(H,26,27)/b16-15-. The number of hydrogen-bond donors (Lipinski definition) is 2. The lowest BCUT2D eigenvalue weighted by Crippen LogP contribution is -2.15. The number of amides is 1. The van der Waals surface area contributed by atoms with E-state index in [1.165, 1.54) is 6.20 Å². The number of anilines is 2. The molecule has 3 rings (SSSR count). The van der Waals surface area contributed by atoms with E-state index in [0.717, 1.165) is 15.5 Å². The number of benzene rings is 3. The van der Waals surface area contributed by atoms with Gasteiger partial charge in [-0.05, 0) is 48.5 Å². The highest BCUT2D eigenvalue weighted by atomic mass is 35.5. The monoisotopic (exact) mass is 405 g/mol. The van der Waals surface area contributed by atoms with Gasteiger partial charge in [-0.15, -0.1) is 0 Å². The number of nitriles is 1. The zero-order valence-electron chi connectivity index (χ0n) is 14.7. The Morgan fingerprint density at radius 1 is 0.964 bits per heavy atom. The molecule has 1 amide bonds. The van der Waals surface area contributed by atoms with E-state index in [1.807, 2.05) is 60.7 Å². The minimum absolute atomic E-state index is 0.0329. The van der Waals surface area contributed by atoms with E-state index in [4.69, 9.17) is 11.6 Å². The average molecular weight is 406 g/mol. The Balaban J connectivity index is 1.73. The molecule has 0 bridgehead atoms. The summed E-state index contributed by atoms with van der Waals surface area (Å²) in [6.07, 6.45) is 1.38. The molecule has 2 N–H and O–H groups in total. The fourth-order valence-corrected chi connectivity index (χ4v) is 3.36. The first-order valence-electron chi connectivity index (χ1n) is 8.41. The molecule has 0 spiro atoms. The van der Waals surface area contributed by atoms with Crippen molar-refractivity contribution in [2.24, 2.45) is 0 Å². The second-order valence-corrected chi connectivity index (χ2v) is 7.24. The van der Waals surface area contributed by atoms with Crippen LogP contribution in [0.1, 0.15) is 0 Å². The normalized spacial score (nSPS) is 10.8. The van der Waals surface area contributed by atoms with Gasteiger partial charge >= 0.3 is 0 Å². The number of nitrogens with zero attached hydrogens (tertiary/aromatic N) is 1. The lowest BCUT2D eigenvalue weighted by molar-refractivity contribution is -0.112. The lowest BCUT2D eigenvalue weighted by atomic mass is 10.2. The van der Waals surface area contributed by atoms with Crippen LogP contribution in [0, 0.1) is 11.3 Å². The van der Waals surface area contributed by atoms with Gasteiger partial charge in [0.1, 0.15) is 11.6 Å². The Hall–Kier alpha value is -3.20. The van der Waals surface area contributed by atoms with Crippen LogP contribution in [0.2, 0.25) is 5.02 Å². The summed E-state index contributed by atoms with van der Waals surface area (Å²) < 4.78 is 0. The molecule has 0 unspecified atom stereocenters. The zero-order valence-corrected chi connectivity index (χ0v) is 16.3. The molecule has 6 heteroatoms. The maximum atomic E-state index is 12.6. The third-order valence-corrected chi connectivity index (χ3v) is 5.03. The van der Waals surface area contributed by atoms with Gasteiger partial charge in [0, 0.05) is 26.7 Å². The predicted molar refractivity (Wildman–Crippen MR) is 114 cm³/mol. The van der Waals surface area contributed by atoms with E-state index in [9.17, 15) is 10.1 Å². The highest BCUT2D eigenvalue weighted by molar-refractivity contribution is 7.99. The number of carbonyl (C=O) groups excluding carboxylic acids is 1. The van der Waals surface area contributed by atoms with Crippen molar-refractivity contribution >= 4 is 40.6 Å². The molecule has 0 saturated carbocycles. The molecule has 28 heavy (non-hydrogen) atoms. The summed E-state index contributed by atoms with van der Waals surface area (Å²) in [5, 5.41) is 15.7. The highest BCUT2D eigenvalue weighted by Gasteiger charge is 2.12. The summed E-state index contributed by atoms with van der Waals surface area (Å²) >= 11 is 7.40. The third-order valence-electron chi connectivity index (χ3n) is 3.70. The molecule has 4 nitrogen and oxygen atoms in total. The Morgan fingerprint density at radius 2 is 1.64 bits per heavy atom. The Labute approximate surface area is 172 Å². The first-order valence-corrected chi connectivity index (χ1v) is 9.61. The van der Waals surface area contributed by atoms with Gasteiger partial charge in [-0.3, -0.25) is 4.79 Å². The molecule has 0 fully saturated rings. The molecule has 138 valence electrons. The number of nitrogens with one attached hydrogen (secondary N) is 2. The molecule has 0 aromatic heterocycles. The molecule has 0 atom stereocenters. The van der Waals surface area contributed by atoms with Crippen LogP contribution >= 0.6 is 23.4 Å². The molecule has 0 aliphatic carbocycles. The average Bonchev–Trinajstić information content (AvgIpc) is 2.72. The maximum Gasteiger partial charge on any atom is 0.267 e. The van der Waals surface area contributed by atoms with Gasteiger partial charge in [-0.25, -0.2) is 0 Å². The number of rotatable bonds is 6. The third kappa shape index (κ3) is 5.40. The fourth-order valence-electron chi connectivity index (χ4n) is 2.31. The smallest absolute Gasteiger partial charge is 0.267 e. The highest BCUT2D eigenvalue weighted by Crippen LogP contribution is 2.33. The quantitative estimate of drug-likeness (QED) is 0.393. The Kier molecular flexibility index (Phi) is 6.74. The summed E-state index contributed by atoms with van der Waals surface area (Å²) in [5.41, 5.74) is 1.34. The van der Waals surface area contributed by atoms with E-state index in [0.29, 0.717) is 10.7 Å². The van der Waals surface area contributed by atoms with Gasteiger partial charge in [-0.2, -0.15) is 5.26 Å². The van der Waals surface area contributed by atoms with Crippen molar-refractivity contribution in [1.29, 1.82) is 5.26 Å². The van der Waals surface area contributed by atoms with Crippen molar-refractivity contribution in [3.63, 3.8) is 0 Å². The van der Waals surface area contributed by atoms with Gasteiger partial charge < -0.3 is 10.6 Å². The second-order valence-electron chi connectivity index (χ2n) is 5.69. The van der Waals surface area contributed by atoms with E-state index in [2.05, 4.69) is 10.6 Å². The molecule has 3 aromatic rings. The molecule has 0 radical (unpaired) electrons. The van der Waals surface area contributed by atoms with Crippen LogP contribution in [0.15, 0.2) is 100 Å². The molecule has 3 aromatic carbocycles. The molecule has 0 aliphatic rings. The van der Waals surface area contributed by atoms with E-state index in [1.54, 1.807) is 36.0 Å².